The molecule has 2 atom stereocenters. The molecule has 3 aromatic carbocycles. The molecule has 11 heteroatoms. The molecule has 0 spiro atoms. The number of carbonyl (C=O) groups excluding carboxylic acids is 2. The van der Waals surface area contributed by atoms with Crippen molar-refractivity contribution >= 4 is 35.0 Å². The lowest BCUT2D eigenvalue weighted by atomic mass is 10.1. The lowest BCUT2D eigenvalue weighted by Gasteiger charge is -2.29. The Bertz CT molecular complexity index is 1320. The maximum atomic E-state index is 14.1. The first kappa shape index (κ1) is 28.1. The molecule has 0 saturated heterocycles. The quantitative estimate of drug-likeness (QED) is 0.227. The summed E-state index contributed by atoms with van der Waals surface area (Å²) in [6.45, 7) is 1.24. The van der Waals surface area contributed by atoms with E-state index in [1.54, 1.807) is 24.1 Å². The average Bonchev–Trinajstić information content (AvgIpc) is 3.06. The zero-order valence-corrected chi connectivity index (χ0v) is 22.4. The molecule has 1 aliphatic heterocycles. The summed E-state index contributed by atoms with van der Waals surface area (Å²) in [6.07, 6.45) is -1.19. The van der Waals surface area contributed by atoms with E-state index in [0.29, 0.717) is 31.1 Å². The van der Waals surface area contributed by atoms with Gasteiger partial charge in [-0.05, 0) is 49.0 Å². The summed E-state index contributed by atoms with van der Waals surface area (Å²) in [4.78, 5) is 42.2. The number of fused-ring (bicyclic) bond motifs is 1. The monoisotopic (exact) mass is 551 g/mol. The lowest BCUT2D eigenvalue weighted by Crippen LogP contribution is -2.45. The molecule has 0 aromatic heterocycles. The van der Waals surface area contributed by atoms with Crippen LogP contribution in [0.4, 0.5) is 11.4 Å². The SMILES string of the molecule is COc1ccc([C@H]2Sc3ccccc3N(CCN(C)CCO)C(=O)[C@H]2OC(=O)c2ccc([N+](=O)[O-])cc2)cc1. The fraction of sp³-hybridized carbons (Fsp3) is 0.286. The van der Waals surface area contributed by atoms with E-state index in [9.17, 15) is 24.8 Å². The number of methoxy groups -OCH3 is 1. The van der Waals surface area contributed by atoms with Gasteiger partial charge in [0.2, 0.25) is 0 Å². The number of aliphatic hydroxyl groups excluding tert-OH is 1. The Morgan fingerprint density at radius 1 is 1.08 bits per heavy atom. The lowest BCUT2D eigenvalue weighted by molar-refractivity contribution is -0.384. The van der Waals surface area contributed by atoms with Gasteiger partial charge in [-0.15, -0.1) is 11.8 Å². The van der Waals surface area contributed by atoms with Gasteiger partial charge < -0.3 is 24.4 Å². The number of nitro benzene ring substituents is 1. The van der Waals surface area contributed by atoms with Crippen LogP contribution in [0.2, 0.25) is 0 Å². The van der Waals surface area contributed by atoms with Crippen LogP contribution < -0.4 is 9.64 Å². The molecule has 1 amide bonds. The molecule has 4 rings (SSSR count). The molecule has 39 heavy (non-hydrogen) atoms. The Morgan fingerprint density at radius 3 is 2.41 bits per heavy atom. The number of nitrogens with zero attached hydrogens (tertiary/aromatic N) is 3. The van der Waals surface area contributed by atoms with Crippen LogP contribution in [0, 0.1) is 10.1 Å². The zero-order valence-electron chi connectivity index (χ0n) is 21.6. The van der Waals surface area contributed by atoms with Gasteiger partial charge in [-0.3, -0.25) is 14.9 Å². The van der Waals surface area contributed by atoms with Crippen molar-refractivity contribution in [2.24, 2.45) is 0 Å². The summed E-state index contributed by atoms with van der Waals surface area (Å²) in [5.74, 6) is -0.497. The Morgan fingerprint density at radius 2 is 1.77 bits per heavy atom. The fourth-order valence-electron chi connectivity index (χ4n) is 4.22. The minimum Gasteiger partial charge on any atom is -0.497 e. The largest absolute Gasteiger partial charge is 0.497 e. The molecule has 0 saturated carbocycles. The number of nitro groups is 1. The number of carbonyl (C=O) groups is 2. The summed E-state index contributed by atoms with van der Waals surface area (Å²) < 4.78 is 11.2. The van der Waals surface area contributed by atoms with Crippen LogP contribution in [0.15, 0.2) is 77.7 Å². The Labute approximate surface area is 230 Å². The summed E-state index contributed by atoms with van der Waals surface area (Å²) in [5, 5.41) is 19.7. The van der Waals surface area contributed by atoms with Crippen LogP contribution in [0.5, 0.6) is 5.75 Å². The van der Waals surface area contributed by atoms with Gasteiger partial charge in [0.15, 0.2) is 6.10 Å². The number of aliphatic hydroxyl groups is 1. The van der Waals surface area contributed by atoms with E-state index >= 15 is 0 Å². The first-order chi connectivity index (χ1) is 18.8. The van der Waals surface area contributed by atoms with Crippen molar-refractivity contribution in [3.63, 3.8) is 0 Å². The Hall–Kier alpha value is -3.93. The first-order valence-electron chi connectivity index (χ1n) is 12.3. The number of esters is 1. The molecule has 1 heterocycles. The summed E-state index contributed by atoms with van der Waals surface area (Å²) in [5.41, 5.74) is 1.42. The van der Waals surface area contributed by atoms with Crippen molar-refractivity contribution in [3.05, 3.63) is 94.0 Å². The van der Waals surface area contributed by atoms with Crippen molar-refractivity contribution < 1.29 is 29.1 Å². The highest BCUT2D eigenvalue weighted by molar-refractivity contribution is 7.99. The van der Waals surface area contributed by atoms with E-state index in [1.807, 2.05) is 48.3 Å². The Kier molecular flexibility index (Phi) is 9.18. The van der Waals surface area contributed by atoms with E-state index in [1.165, 1.54) is 36.0 Å². The molecule has 1 N–H and O–H groups in total. The number of amides is 1. The highest BCUT2D eigenvalue weighted by Gasteiger charge is 2.41. The third-order valence-corrected chi connectivity index (χ3v) is 7.75. The number of non-ortho nitro benzene ring substituents is 1. The first-order valence-corrected chi connectivity index (χ1v) is 13.2. The zero-order chi connectivity index (χ0) is 27.9. The van der Waals surface area contributed by atoms with Crippen LogP contribution in [0.3, 0.4) is 0 Å². The maximum Gasteiger partial charge on any atom is 0.338 e. The predicted molar refractivity (Wildman–Crippen MR) is 147 cm³/mol. The molecule has 3 aromatic rings. The van der Waals surface area contributed by atoms with Gasteiger partial charge in [-0.25, -0.2) is 4.79 Å². The summed E-state index contributed by atoms with van der Waals surface area (Å²) in [7, 11) is 3.42. The number of hydrogen-bond donors (Lipinski definition) is 1. The number of anilines is 1. The maximum absolute atomic E-state index is 14.1. The molecule has 0 fully saturated rings. The number of rotatable bonds is 10. The molecular weight excluding hydrogens is 522 g/mol. The minimum atomic E-state index is -1.19. The van der Waals surface area contributed by atoms with E-state index < -0.39 is 22.2 Å². The van der Waals surface area contributed by atoms with E-state index in [2.05, 4.69) is 0 Å². The average molecular weight is 552 g/mol. The van der Waals surface area contributed by atoms with Crippen molar-refractivity contribution in [2.45, 2.75) is 16.2 Å². The standard InChI is InChI=1S/C28H29N3O7S/c1-29(17-18-32)15-16-30-23-5-3-4-6-24(23)39-26(19-9-13-22(37-2)14-10-19)25(27(30)33)38-28(34)20-7-11-21(12-8-20)31(35)36/h3-14,25-26,32H,15-18H2,1-2H3/t25-,26+/m0/s1. The third kappa shape index (κ3) is 6.56. The van der Waals surface area contributed by atoms with E-state index in [-0.39, 0.29) is 23.8 Å². The molecule has 0 radical (unpaired) electrons. The number of likely N-dealkylation sites (N-methyl/N-ethyl adjacent to an activating group) is 1. The normalized spacial score (nSPS) is 16.9. The van der Waals surface area contributed by atoms with Crippen LogP contribution in [0.25, 0.3) is 0 Å². The molecule has 10 nitrogen and oxygen atoms in total. The van der Waals surface area contributed by atoms with Gasteiger partial charge in [0.1, 0.15) is 5.75 Å². The van der Waals surface area contributed by atoms with Crippen LogP contribution in [0.1, 0.15) is 21.2 Å². The second kappa shape index (κ2) is 12.7. The molecule has 0 aliphatic carbocycles. The Balaban J connectivity index is 1.72. The second-order valence-corrected chi connectivity index (χ2v) is 10.1. The van der Waals surface area contributed by atoms with Crippen LogP contribution in [-0.4, -0.2) is 73.3 Å². The van der Waals surface area contributed by atoms with Crippen molar-refractivity contribution in [3.8, 4) is 5.75 Å². The van der Waals surface area contributed by atoms with E-state index in [4.69, 9.17) is 9.47 Å². The van der Waals surface area contributed by atoms with Gasteiger partial charge in [0.05, 0.1) is 35.1 Å². The molecular formula is C28H29N3O7S. The summed E-state index contributed by atoms with van der Waals surface area (Å²) >= 11 is 1.42. The molecule has 0 bridgehead atoms. The van der Waals surface area contributed by atoms with Gasteiger partial charge in [-0.2, -0.15) is 0 Å². The van der Waals surface area contributed by atoms with Crippen LogP contribution in [-0.2, 0) is 9.53 Å². The molecule has 204 valence electrons. The number of para-hydroxylation sites is 1. The van der Waals surface area contributed by atoms with Gasteiger partial charge in [0, 0.05) is 36.7 Å². The van der Waals surface area contributed by atoms with Crippen LogP contribution >= 0.6 is 11.8 Å². The van der Waals surface area contributed by atoms with E-state index in [0.717, 1.165) is 10.5 Å². The fourth-order valence-corrected chi connectivity index (χ4v) is 5.53. The number of benzene rings is 3. The van der Waals surface area contributed by atoms with Gasteiger partial charge in [0.25, 0.3) is 11.6 Å². The van der Waals surface area contributed by atoms with Crippen molar-refractivity contribution in [1.29, 1.82) is 0 Å². The molecule has 0 unspecified atom stereocenters. The third-order valence-electron chi connectivity index (χ3n) is 6.37. The number of hydrogen-bond acceptors (Lipinski definition) is 9. The minimum absolute atomic E-state index is 0.00803. The van der Waals surface area contributed by atoms with Crippen molar-refractivity contribution in [2.75, 3.05) is 45.3 Å². The second-order valence-electron chi connectivity index (χ2n) is 8.93. The topological polar surface area (TPSA) is 122 Å². The van der Waals surface area contributed by atoms with Gasteiger partial charge in [-0.1, -0.05) is 24.3 Å². The highest BCUT2D eigenvalue weighted by atomic mass is 32.2. The smallest absolute Gasteiger partial charge is 0.338 e. The highest BCUT2D eigenvalue weighted by Crippen LogP contribution is 2.47. The summed E-state index contributed by atoms with van der Waals surface area (Å²) in [6, 6.07) is 19.8. The van der Waals surface area contributed by atoms with Gasteiger partial charge >= 0.3 is 5.97 Å². The number of thioether (sulfide) groups is 1. The predicted octanol–water partition coefficient (Wildman–Crippen LogP) is 3.93. The molecule has 1 aliphatic rings. The van der Waals surface area contributed by atoms with Crippen molar-refractivity contribution in [1.82, 2.24) is 4.90 Å². The number of ether oxygens (including phenoxy) is 2.